The largest absolute Gasteiger partial charge is 0.489 e. The van der Waals surface area contributed by atoms with E-state index < -0.39 is 18.0 Å². The number of ether oxygens (including phenoxy) is 4. The summed E-state index contributed by atoms with van der Waals surface area (Å²) in [5, 5.41) is 18.7. The number of carboxylic acid groups (broad SMARTS) is 2. The average molecular weight is 450 g/mol. The third-order valence-electron chi connectivity index (χ3n) is 5.09. The van der Waals surface area contributed by atoms with Gasteiger partial charge in [0, 0.05) is 12.5 Å². The second-order valence-corrected chi connectivity index (χ2v) is 7.39. The SMILES string of the molecule is O=C(O)CCC(Oc1cc(OCc2ccc3c(c2)OCO3)ccc1C(=O)O)c1ccccc1. The molecule has 1 unspecified atom stereocenters. The molecule has 8 heteroatoms. The van der Waals surface area contributed by atoms with Gasteiger partial charge < -0.3 is 29.2 Å². The van der Waals surface area contributed by atoms with Gasteiger partial charge in [0.25, 0.3) is 0 Å². The first-order valence-corrected chi connectivity index (χ1v) is 10.3. The van der Waals surface area contributed by atoms with Crippen molar-refractivity contribution in [3.8, 4) is 23.0 Å². The van der Waals surface area contributed by atoms with Gasteiger partial charge in [-0.15, -0.1) is 0 Å². The first-order chi connectivity index (χ1) is 16.0. The summed E-state index contributed by atoms with van der Waals surface area (Å²) in [6.45, 7) is 0.408. The Bertz CT molecular complexity index is 1140. The molecule has 0 saturated heterocycles. The maximum absolute atomic E-state index is 11.8. The lowest BCUT2D eigenvalue weighted by molar-refractivity contribution is -0.137. The van der Waals surface area contributed by atoms with E-state index in [4.69, 9.17) is 24.1 Å². The second kappa shape index (κ2) is 9.95. The number of aromatic carboxylic acids is 1. The summed E-state index contributed by atoms with van der Waals surface area (Å²) in [6.07, 6.45) is -0.576. The van der Waals surface area contributed by atoms with E-state index in [-0.39, 0.29) is 37.6 Å². The highest BCUT2D eigenvalue weighted by atomic mass is 16.7. The molecule has 0 aromatic heterocycles. The maximum Gasteiger partial charge on any atom is 0.339 e. The zero-order valence-electron chi connectivity index (χ0n) is 17.6. The van der Waals surface area contributed by atoms with Crippen molar-refractivity contribution in [1.29, 1.82) is 0 Å². The van der Waals surface area contributed by atoms with Gasteiger partial charge in [0.05, 0.1) is 0 Å². The monoisotopic (exact) mass is 450 g/mol. The van der Waals surface area contributed by atoms with E-state index in [1.165, 1.54) is 12.1 Å². The van der Waals surface area contributed by atoms with Gasteiger partial charge >= 0.3 is 11.9 Å². The number of hydrogen-bond donors (Lipinski definition) is 2. The molecule has 3 aromatic carbocycles. The molecule has 1 aliphatic rings. The Kier molecular flexibility index (Phi) is 6.64. The minimum atomic E-state index is -1.16. The zero-order chi connectivity index (χ0) is 23.2. The molecule has 170 valence electrons. The van der Waals surface area contributed by atoms with Crippen LogP contribution in [-0.2, 0) is 11.4 Å². The fourth-order valence-electron chi connectivity index (χ4n) is 3.43. The van der Waals surface area contributed by atoms with Gasteiger partial charge in [-0.25, -0.2) is 4.79 Å². The van der Waals surface area contributed by atoms with Crippen molar-refractivity contribution in [1.82, 2.24) is 0 Å². The lowest BCUT2D eigenvalue weighted by Crippen LogP contribution is -2.12. The van der Waals surface area contributed by atoms with Crippen molar-refractivity contribution >= 4 is 11.9 Å². The normalized spacial score (nSPS) is 12.7. The quantitative estimate of drug-likeness (QED) is 0.458. The molecule has 33 heavy (non-hydrogen) atoms. The van der Waals surface area contributed by atoms with Crippen LogP contribution in [0.5, 0.6) is 23.0 Å². The molecule has 1 aliphatic heterocycles. The number of carbonyl (C=O) groups is 2. The van der Waals surface area contributed by atoms with Crippen molar-refractivity contribution < 1.29 is 38.7 Å². The minimum Gasteiger partial charge on any atom is -0.489 e. The minimum absolute atomic E-state index is 0.0401. The Balaban J connectivity index is 1.54. The van der Waals surface area contributed by atoms with Crippen LogP contribution in [-0.4, -0.2) is 28.9 Å². The van der Waals surface area contributed by atoms with Gasteiger partial charge in [0.15, 0.2) is 11.5 Å². The van der Waals surface area contributed by atoms with Gasteiger partial charge in [-0.2, -0.15) is 0 Å². The lowest BCUT2D eigenvalue weighted by atomic mass is 10.0. The number of hydrogen-bond acceptors (Lipinski definition) is 6. The van der Waals surface area contributed by atoms with Crippen molar-refractivity contribution in [3.63, 3.8) is 0 Å². The fraction of sp³-hybridized carbons (Fsp3) is 0.200. The van der Waals surface area contributed by atoms with E-state index in [9.17, 15) is 14.7 Å². The Morgan fingerprint density at radius 1 is 0.939 bits per heavy atom. The standard InChI is InChI=1S/C25H22O8/c26-24(27)11-10-20(17-4-2-1-3-5-17)33-22-13-18(7-8-19(22)25(28)29)30-14-16-6-9-21-23(12-16)32-15-31-21/h1-9,12-13,20H,10-11,14-15H2,(H,26,27)(H,28,29). The molecule has 2 N–H and O–H groups in total. The number of fused-ring (bicyclic) bond motifs is 1. The Hall–Kier alpha value is -4.20. The Labute approximate surface area is 189 Å². The molecule has 0 saturated carbocycles. The average Bonchev–Trinajstić information content (AvgIpc) is 3.28. The molecule has 0 amide bonds. The predicted octanol–water partition coefficient (Wildman–Crippen LogP) is 4.68. The molecule has 0 bridgehead atoms. The van der Waals surface area contributed by atoms with Gasteiger partial charge in [0.2, 0.25) is 6.79 Å². The smallest absolute Gasteiger partial charge is 0.339 e. The van der Waals surface area contributed by atoms with Gasteiger partial charge in [-0.1, -0.05) is 36.4 Å². The van der Waals surface area contributed by atoms with Crippen LogP contribution < -0.4 is 18.9 Å². The Morgan fingerprint density at radius 2 is 1.73 bits per heavy atom. The zero-order valence-corrected chi connectivity index (χ0v) is 17.6. The maximum atomic E-state index is 11.8. The summed E-state index contributed by atoms with van der Waals surface area (Å²) in [5.41, 5.74) is 1.57. The molecular weight excluding hydrogens is 428 g/mol. The molecule has 8 nitrogen and oxygen atoms in total. The third-order valence-corrected chi connectivity index (χ3v) is 5.09. The summed E-state index contributed by atoms with van der Waals surface area (Å²) in [4.78, 5) is 22.9. The summed E-state index contributed by atoms with van der Waals surface area (Å²) < 4.78 is 22.6. The van der Waals surface area contributed by atoms with Crippen LogP contribution in [0.25, 0.3) is 0 Å². The van der Waals surface area contributed by atoms with E-state index in [1.807, 2.05) is 42.5 Å². The number of benzene rings is 3. The number of aliphatic carboxylic acids is 1. The fourth-order valence-corrected chi connectivity index (χ4v) is 3.43. The van der Waals surface area contributed by atoms with Crippen molar-refractivity contribution in [2.75, 3.05) is 6.79 Å². The van der Waals surface area contributed by atoms with E-state index >= 15 is 0 Å². The number of carboxylic acids is 2. The van der Waals surface area contributed by atoms with Crippen molar-refractivity contribution in [2.24, 2.45) is 0 Å². The summed E-state index contributed by atoms with van der Waals surface area (Å²) in [6, 6.07) is 19.0. The number of rotatable bonds is 10. The molecule has 0 spiro atoms. The van der Waals surface area contributed by atoms with Crippen molar-refractivity contribution in [2.45, 2.75) is 25.6 Å². The molecule has 0 aliphatic carbocycles. The van der Waals surface area contributed by atoms with Crippen LogP contribution >= 0.6 is 0 Å². The van der Waals surface area contributed by atoms with Crippen LogP contribution in [0.4, 0.5) is 0 Å². The van der Waals surface area contributed by atoms with E-state index in [0.29, 0.717) is 17.2 Å². The molecule has 0 radical (unpaired) electrons. The molecule has 4 rings (SSSR count). The van der Waals surface area contributed by atoms with Crippen LogP contribution in [0.15, 0.2) is 66.7 Å². The third kappa shape index (κ3) is 5.54. The summed E-state index contributed by atoms with van der Waals surface area (Å²) in [7, 11) is 0. The lowest BCUT2D eigenvalue weighted by Gasteiger charge is -2.21. The Morgan fingerprint density at radius 3 is 2.48 bits per heavy atom. The van der Waals surface area contributed by atoms with E-state index in [0.717, 1.165) is 11.1 Å². The topological polar surface area (TPSA) is 112 Å². The van der Waals surface area contributed by atoms with Gasteiger partial charge in [-0.3, -0.25) is 4.79 Å². The molecular formula is C25H22O8. The summed E-state index contributed by atoms with van der Waals surface area (Å²) >= 11 is 0. The predicted molar refractivity (Wildman–Crippen MR) is 117 cm³/mol. The van der Waals surface area contributed by atoms with Crippen molar-refractivity contribution in [3.05, 3.63) is 83.4 Å². The summed E-state index contributed by atoms with van der Waals surface area (Å²) in [5.74, 6) is -0.280. The van der Waals surface area contributed by atoms with Gasteiger partial charge in [-0.05, 0) is 41.8 Å². The second-order valence-electron chi connectivity index (χ2n) is 7.39. The highest BCUT2D eigenvalue weighted by Gasteiger charge is 2.20. The first kappa shape index (κ1) is 22.0. The van der Waals surface area contributed by atoms with E-state index in [1.54, 1.807) is 12.1 Å². The van der Waals surface area contributed by atoms with E-state index in [2.05, 4.69) is 0 Å². The molecule has 1 heterocycles. The van der Waals surface area contributed by atoms with Crippen LogP contribution in [0, 0.1) is 0 Å². The molecule has 0 fully saturated rings. The molecule has 3 aromatic rings. The van der Waals surface area contributed by atoms with Crippen LogP contribution in [0.2, 0.25) is 0 Å². The highest BCUT2D eigenvalue weighted by molar-refractivity contribution is 5.91. The van der Waals surface area contributed by atoms with Gasteiger partial charge in [0.1, 0.15) is 29.8 Å². The first-order valence-electron chi connectivity index (χ1n) is 10.3. The van der Waals surface area contributed by atoms with Crippen LogP contribution in [0.1, 0.15) is 40.4 Å². The molecule has 1 atom stereocenters. The van der Waals surface area contributed by atoms with Crippen LogP contribution in [0.3, 0.4) is 0 Å². The highest BCUT2D eigenvalue weighted by Crippen LogP contribution is 2.34.